The van der Waals surface area contributed by atoms with E-state index in [1.165, 1.54) is 18.3 Å². The van der Waals surface area contributed by atoms with Crippen LogP contribution in [0, 0.1) is 0 Å². The number of allylic oxidation sites excluding steroid dienone is 1. The number of carbonyl (C=O) groups is 1. The molecule has 0 saturated carbocycles. The number of ether oxygens (including phenoxy) is 1. The van der Waals surface area contributed by atoms with Gasteiger partial charge in [-0.3, -0.25) is 4.79 Å². The minimum Gasteiger partial charge on any atom is -0.378 e. The Kier molecular flexibility index (Phi) is 8.36. The fourth-order valence-electron chi connectivity index (χ4n) is 3.82. The summed E-state index contributed by atoms with van der Waals surface area (Å²) in [4.78, 5) is 20.9. The van der Waals surface area contributed by atoms with Crippen molar-refractivity contribution >= 4 is 23.2 Å². The molecule has 1 aliphatic heterocycles. The van der Waals surface area contributed by atoms with Crippen molar-refractivity contribution < 1.29 is 35.9 Å². The van der Waals surface area contributed by atoms with Crippen LogP contribution in [0.15, 0.2) is 70.9 Å². The lowest BCUT2D eigenvalue weighted by atomic mass is 9.96. The van der Waals surface area contributed by atoms with Gasteiger partial charge in [0.15, 0.2) is 5.78 Å². The van der Waals surface area contributed by atoms with E-state index < -0.39 is 39.7 Å². The van der Waals surface area contributed by atoms with Gasteiger partial charge in [0, 0.05) is 58.8 Å². The summed E-state index contributed by atoms with van der Waals surface area (Å²) in [6.45, 7) is 1.87. The van der Waals surface area contributed by atoms with E-state index in [2.05, 4.69) is 15.3 Å². The van der Waals surface area contributed by atoms with Gasteiger partial charge in [0.2, 0.25) is 0 Å². The number of H-pyrrole nitrogens is 1. The van der Waals surface area contributed by atoms with E-state index in [-0.39, 0.29) is 4.90 Å². The third-order valence-electron chi connectivity index (χ3n) is 5.56. The van der Waals surface area contributed by atoms with E-state index in [9.17, 15) is 31.1 Å². The molecular weight excluding hydrogens is 534 g/mol. The lowest BCUT2D eigenvalue weighted by Crippen LogP contribution is -2.32. The zero-order valence-corrected chi connectivity index (χ0v) is 20.5. The van der Waals surface area contributed by atoms with Crippen molar-refractivity contribution in [1.82, 2.24) is 14.9 Å². The Morgan fingerprint density at radius 1 is 1.08 bits per heavy atom. The normalized spacial score (nSPS) is 14.7. The maximum Gasteiger partial charge on any atom is 0.418 e. The highest BCUT2D eigenvalue weighted by Crippen LogP contribution is 2.48. The van der Waals surface area contributed by atoms with Gasteiger partial charge in [-0.25, -0.2) is 4.98 Å². The average Bonchev–Trinajstić information content (AvgIpc) is 3.39. The number of nitrogens with one attached hydrogen (secondary N) is 2. The Bertz CT molecular complexity index is 1290. The molecule has 0 unspecified atom stereocenters. The van der Waals surface area contributed by atoms with Crippen molar-refractivity contribution in [3.63, 3.8) is 0 Å². The number of hydrogen-bond donors (Lipinski definition) is 2. The number of ketones is 1. The van der Waals surface area contributed by atoms with Crippen molar-refractivity contribution in [2.75, 3.05) is 31.6 Å². The number of morpholine rings is 1. The van der Waals surface area contributed by atoms with E-state index in [1.54, 1.807) is 29.4 Å². The Balaban J connectivity index is 1.67. The van der Waals surface area contributed by atoms with Gasteiger partial charge in [-0.2, -0.15) is 26.3 Å². The summed E-state index contributed by atoms with van der Waals surface area (Å²) in [5.74, 6) is -0.546. The molecule has 0 bridgehead atoms. The molecule has 0 radical (unpaired) electrons. The summed E-state index contributed by atoms with van der Waals surface area (Å²) in [7, 11) is 0. The highest BCUT2D eigenvalue weighted by Gasteiger charge is 2.47. The molecule has 0 amide bonds. The number of carbonyl (C=O) groups excluding carboxylic acids is 1. The van der Waals surface area contributed by atoms with E-state index >= 15 is 0 Å². The van der Waals surface area contributed by atoms with Crippen LogP contribution >= 0.6 is 11.8 Å². The SMILES string of the molecule is O=C(C=CN1CCOCC1)c1ccc(Sc2cccc(NCc3ncc[nH]3)c2)c(C(F)(F)F)c1C(F)(F)F. The molecule has 0 spiro atoms. The third-order valence-corrected chi connectivity index (χ3v) is 6.61. The first-order valence-corrected chi connectivity index (χ1v) is 12.2. The van der Waals surface area contributed by atoms with Crippen molar-refractivity contribution in [2.24, 2.45) is 0 Å². The van der Waals surface area contributed by atoms with Crippen molar-refractivity contribution in [3.05, 3.63) is 83.6 Å². The number of alkyl halides is 6. The molecule has 2 heterocycles. The van der Waals surface area contributed by atoms with Crippen LogP contribution in [0.5, 0.6) is 0 Å². The number of halogens is 6. The number of aromatic amines is 1. The molecule has 0 aliphatic carbocycles. The minimum absolute atomic E-state index is 0.277. The second kappa shape index (κ2) is 11.5. The predicted octanol–water partition coefficient (Wildman–Crippen LogP) is 6.24. The first-order valence-electron chi connectivity index (χ1n) is 11.4. The van der Waals surface area contributed by atoms with Crippen molar-refractivity contribution in [1.29, 1.82) is 0 Å². The summed E-state index contributed by atoms with van der Waals surface area (Å²) >= 11 is 0.530. The maximum absolute atomic E-state index is 14.1. The fourth-order valence-corrected chi connectivity index (χ4v) is 4.86. The quantitative estimate of drug-likeness (QED) is 0.195. The van der Waals surface area contributed by atoms with Crippen LogP contribution in [0.2, 0.25) is 0 Å². The van der Waals surface area contributed by atoms with E-state index in [0.717, 1.165) is 18.2 Å². The van der Waals surface area contributed by atoms with Crippen LogP contribution in [0.4, 0.5) is 32.0 Å². The predicted molar refractivity (Wildman–Crippen MR) is 129 cm³/mol. The van der Waals surface area contributed by atoms with Gasteiger partial charge in [0.25, 0.3) is 0 Å². The van der Waals surface area contributed by atoms with Crippen molar-refractivity contribution in [3.8, 4) is 0 Å². The summed E-state index contributed by atoms with van der Waals surface area (Å²) < 4.78 is 89.8. The topological polar surface area (TPSA) is 70.2 Å². The molecule has 0 atom stereocenters. The van der Waals surface area contributed by atoms with Crippen LogP contribution in [0.1, 0.15) is 27.3 Å². The van der Waals surface area contributed by atoms with Gasteiger partial charge in [0.1, 0.15) is 5.82 Å². The number of rotatable bonds is 8. The Morgan fingerprint density at radius 3 is 2.47 bits per heavy atom. The monoisotopic (exact) mass is 556 g/mol. The molecule has 202 valence electrons. The highest BCUT2D eigenvalue weighted by atomic mass is 32.2. The fraction of sp³-hybridized carbons (Fsp3) is 0.280. The zero-order chi connectivity index (χ0) is 27.3. The summed E-state index contributed by atoms with van der Waals surface area (Å²) in [5.41, 5.74) is -4.42. The first-order chi connectivity index (χ1) is 18.0. The standard InChI is InChI=1S/C25H22F6N4O2S/c26-24(27,28)22-18(19(36)6-9-35-10-12-37-13-11-35)4-5-20(23(22)25(29,30)31)38-17-3-1-2-16(14-17)34-15-21-32-7-8-33-21/h1-9,14,34H,10-13,15H2,(H,32,33). The average molecular weight is 557 g/mol. The second-order valence-corrected chi connectivity index (χ2v) is 9.32. The van der Waals surface area contributed by atoms with Crippen LogP contribution in [-0.2, 0) is 23.6 Å². The van der Waals surface area contributed by atoms with Gasteiger partial charge in [-0.1, -0.05) is 17.8 Å². The molecule has 1 aliphatic rings. The van der Waals surface area contributed by atoms with Crippen molar-refractivity contribution in [2.45, 2.75) is 28.7 Å². The number of aromatic nitrogens is 2. The summed E-state index contributed by atoms with van der Waals surface area (Å²) in [5, 5.41) is 3.05. The molecular formula is C25H22F6N4O2S. The van der Waals surface area contributed by atoms with Gasteiger partial charge < -0.3 is 19.9 Å². The third kappa shape index (κ3) is 6.90. The van der Waals surface area contributed by atoms with Gasteiger partial charge in [0.05, 0.1) is 30.9 Å². The largest absolute Gasteiger partial charge is 0.418 e. The highest BCUT2D eigenvalue weighted by molar-refractivity contribution is 7.99. The van der Waals surface area contributed by atoms with E-state index in [0.29, 0.717) is 56.1 Å². The Morgan fingerprint density at radius 2 is 1.82 bits per heavy atom. The van der Waals surface area contributed by atoms with Crippen LogP contribution in [0.25, 0.3) is 0 Å². The molecule has 1 fully saturated rings. The lowest BCUT2D eigenvalue weighted by Gasteiger charge is -2.25. The molecule has 13 heteroatoms. The summed E-state index contributed by atoms with van der Waals surface area (Å²) in [6.07, 6.45) is -5.46. The van der Waals surface area contributed by atoms with E-state index in [4.69, 9.17) is 4.74 Å². The molecule has 4 rings (SSSR count). The molecule has 3 aromatic rings. The number of anilines is 1. The lowest BCUT2D eigenvalue weighted by molar-refractivity contribution is -0.163. The number of imidazole rings is 1. The van der Waals surface area contributed by atoms with Crippen LogP contribution in [-0.4, -0.2) is 47.0 Å². The summed E-state index contributed by atoms with van der Waals surface area (Å²) in [6, 6.07) is 7.94. The smallest absolute Gasteiger partial charge is 0.378 e. The van der Waals surface area contributed by atoms with Crippen LogP contribution < -0.4 is 5.32 Å². The maximum atomic E-state index is 14.1. The Hall–Kier alpha value is -3.45. The first kappa shape index (κ1) is 27.6. The minimum atomic E-state index is -5.42. The molecule has 38 heavy (non-hydrogen) atoms. The van der Waals surface area contributed by atoms with Gasteiger partial charge >= 0.3 is 12.4 Å². The molecule has 2 aromatic carbocycles. The van der Waals surface area contributed by atoms with E-state index in [1.807, 2.05) is 0 Å². The number of benzene rings is 2. The van der Waals surface area contributed by atoms with Crippen LogP contribution in [0.3, 0.4) is 0 Å². The van der Waals surface area contributed by atoms with Gasteiger partial charge in [-0.15, -0.1) is 0 Å². The molecule has 1 saturated heterocycles. The molecule has 2 N–H and O–H groups in total. The number of nitrogens with zero attached hydrogens (tertiary/aromatic N) is 2. The molecule has 1 aromatic heterocycles. The second-order valence-electron chi connectivity index (χ2n) is 8.20. The Labute approximate surface area is 218 Å². The number of hydrogen-bond acceptors (Lipinski definition) is 6. The molecule has 6 nitrogen and oxygen atoms in total. The van der Waals surface area contributed by atoms with Gasteiger partial charge in [-0.05, 0) is 30.3 Å². The zero-order valence-electron chi connectivity index (χ0n) is 19.7.